The predicted molar refractivity (Wildman–Crippen MR) is 91.5 cm³/mol. The maximum atomic E-state index is 3.83. The fraction of sp³-hybridized carbons (Fsp3) is 1.00. The van der Waals surface area contributed by atoms with Gasteiger partial charge in [0.15, 0.2) is 0 Å². The monoisotopic (exact) mass is 298 g/mol. The summed E-state index contributed by atoms with van der Waals surface area (Å²) in [5.74, 6) is 3.11. The Morgan fingerprint density at radius 3 is 2.75 bits per heavy atom. The van der Waals surface area contributed by atoms with Crippen LogP contribution in [0.15, 0.2) is 0 Å². The minimum atomic E-state index is 0.748. The molecule has 2 aliphatic rings. The smallest absolute Gasteiger partial charge is 0.0184 e. The van der Waals surface area contributed by atoms with Crippen molar-refractivity contribution in [1.82, 2.24) is 10.2 Å². The second-order valence-corrected chi connectivity index (χ2v) is 8.54. The maximum absolute atomic E-state index is 3.83. The Bertz CT molecular complexity index is 282. The summed E-state index contributed by atoms with van der Waals surface area (Å²) in [6, 6.07) is 1.51. The average molecular weight is 299 g/mol. The number of rotatable bonds is 5. The van der Waals surface area contributed by atoms with Crippen LogP contribution in [-0.4, -0.2) is 47.6 Å². The Labute approximate surface area is 130 Å². The van der Waals surface area contributed by atoms with Gasteiger partial charge < -0.3 is 5.32 Å². The molecule has 2 fully saturated rings. The Morgan fingerprint density at radius 2 is 2.00 bits per heavy atom. The molecule has 20 heavy (non-hydrogen) atoms. The van der Waals surface area contributed by atoms with Crippen LogP contribution >= 0.6 is 11.8 Å². The standard InChI is InChI=1S/C17H34N2S/c1-5-8-18-17-7-6-13(2)11-16(17)12-19-9-10-20-15(4)14(19)3/h13-18H,5-12H2,1-4H3. The number of thioether (sulfide) groups is 1. The molecule has 2 rings (SSSR count). The molecule has 2 nitrogen and oxygen atoms in total. The Balaban J connectivity index is 1.92. The molecule has 0 aromatic carbocycles. The van der Waals surface area contributed by atoms with Gasteiger partial charge in [-0.2, -0.15) is 11.8 Å². The molecule has 1 saturated carbocycles. The summed E-state index contributed by atoms with van der Waals surface area (Å²) in [7, 11) is 0. The van der Waals surface area contributed by atoms with E-state index in [0.29, 0.717) is 0 Å². The number of hydrogen-bond donors (Lipinski definition) is 1. The topological polar surface area (TPSA) is 15.3 Å². The highest BCUT2D eigenvalue weighted by molar-refractivity contribution is 8.00. The molecule has 0 aromatic heterocycles. The molecule has 0 radical (unpaired) electrons. The van der Waals surface area contributed by atoms with Crippen molar-refractivity contribution in [2.24, 2.45) is 11.8 Å². The van der Waals surface area contributed by atoms with Crippen LogP contribution < -0.4 is 5.32 Å². The van der Waals surface area contributed by atoms with Crippen LogP contribution in [0.2, 0.25) is 0 Å². The molecule has 5 unspecified atom stereocenters. The van der Waals surface area contributed by atoms with Crippen LogP contribution in [-0.2, 0) is 0 Å². The van der Waals surface area contributed by atoms with Gasteiger partial charge in [-0.25, -0.2) is 0 Å². The first kappa shape index (κ1) is 16.6. The van der Waals surface area contributed by atoms with Crippen LogP contribution in [0.3, 0.4) is 0 Å². The minimum Gasteiger partial charge on any atom is -0.314 e. The quantitative estimate of drug-likeness (QED) is 0.834. The lowest BCUT2D eigenvalue weighted by atomic mass is 9.78. The van der Waals surface area contributed by atoms with Crippen molar-refractivity contribution in [3.63, 3.8) is 0 Å². The van der Waals surface area contributed by atoms with Gasteiger partial charge in [-0.1, -0.05) is 20.8 Å². The van der Waals surface area contributed by atoms with E-state index in [1.807, 2.05) is 0 Å². The summed E-state index contributed by atoms with van der Waals surface area (Å²) in [5, 5.41) is 4.62. The average Bonchev–Trinajstić information content (AvgIpc) is 2.43. The van der Waals surface area contributed by atoms with Crippen LogP contribution in [0, 0.1) is 11.8 Å². The second-order valence-electron chi connectivity index (χ2n) is 7.05. The first-order valence-corrected chi connectivity index (χ1v) is 9.75. The molecule has 0 aromatic rings. The highest BCUT2D eigenvalue weighted by Crippen LogP contribution is 2.32. The number of nitrogens with zero attached hydrogens (tertiary/aromatic N) is 1. The van der Waals surface area contributed by atoms with Gasteiger partial charge >= 0.3 is 0 Å². The van der Waals surface area contributed by atoms with Gasteiger partial charge in [0.25, 0.3) is 0 Å². The van der Waals surface area contributed by atoms with Gasteiger partial charge in [0.2, 0.25) is 0 Å². The summed E-state index contributed by atoms with van der Waals surface area (Å²) < 4.78 is 0. The van der Waals surface area contributed by atoms with Crippen molar-refractivity contribution >= 4 is 11.8 Å². The first-order chi connectivity index (χ1) is 9.61. The van der Waals surface area contributed by atoms with E-state index in [4.69, 9.17) is 0 Å². The summed E-state index contributed by atoms with van der Waals surface area (Å²) in [4.78, 5) is 2.77. The molecule has 0 spiro atoms. The Morgan fingerprint density at radius 1 is 1.20 bits per heavy atom. The van der Waals surface area contributed by atoms with E-state index in [-0.39, 0.29) is 0 Å². The van der Waals surface area contributed by atoms with Crippen molar-refractivity contribution in [1.29, 1.82) is 0 Å². The van der Waals surface area contributed by atoms with Crippen molar-refractivity contribution in [3.05, 3.63) is 0 Å². The van der Waals surface area contributed by atoms with Crippen molar-refractivity contribution < 1.29 is 0 Å². The van der Waals surface area contributed by atoms with E-state index in [1.54, 1.807) is 0 Å². The van der Waals surface area contributed by atoms with Crippen molar-refractivity contribution in [2.45, 2.75) is 70.7 Å². The van der Waals surface area contributed by atoms with Crippen molar-refractivity contribution in [3.8, 4) is 0 Å². The van der Waals surface area contributed by atoms with Gasteiger partial charge in [-0.05, 0) is 51.0 Å². The number of hydrogen-bond acceptors (Lipinski definition) is 3. The SMILES string of the molecule is CCCNC1CCC(C)CC1CN1CCSC(C)C1C. The first-order valence-electron chi connectivity index (χ1n) is 8.70. The third kappa shape index (κ3) is 4.38. The highest BCUT2D eigenvalue weighted by Gasteiger charge is 2.33. The van der Waals surface area contributed by atoms with E-state index in [0.717, 1.165) is 29.2 Å². The maximum Gasteiger partial charge on any atom is 0.0184 e. The molecule has 5 atom stereocenters. The summed E-state index contributed by atoms with van der Waals surface area (Å²) in [6.07, 6.45) is 5.48. The molecular weight excluding hydrogens is 264 g/mol. The molecular formula is C17H34N2S. The zero-order valence-electron chi connectivity index (χ0n) is 13.9. The van der Waals surface area contributed by atoms with Gasteiger partial charge in [0.05, 0.1) is 0 Å². The zero-order valence-corrected chi connectivity index (χ0v) is 14.7. The lowest BCUT2D eigenvalue weighted by molar-refractivity contribution is 0.120. The predicted octanol–water partition coefficient (Wildman–Crippen LogP) is 3.62. The summed E-state index contributed by atoms with van der Waals surface area (Å²) in [6.45, 7) is 13.4. The van der Waals surface area contributed by atoms with Gasteiger partial charge in [0, 0.05) is 36.2 Å². The van der Waals surface area contributed by atoms with Crippen LogP contribution in [0.4, 0.5) is 0 Å². The minimum absolute atomic E-state index is 0.748. The largest absolute Gasteiger partial charge is 0.314 e. The van der Waals surface area contributed by atoms with E-state index < -0.39 is 0 Å². The Hall–Kier alpha value is 0.270. The van der Waals surface area contributed by atoms with Crippen molar-refractivity contribution in [2.75, 3.05) is 25.4 Å². The van der Waals surface area contributed by atoms with E-state index in [9.17, 15) is 0 Å². The van der Waals surface area contributed by atoms with Gasteiger partial charge in [-0.3, -0.25) is 4.90 Å². The third-order valence-corrected chi connectivity index (χ3v) is 6.72. The van der Waals surface area contributed by atoms with E-state index >= 15 is 0 Å². The highest BCUT2D eigenvalue weighted by atomic mass is 32.2. The molecule has 3 heteroatoms. The van der Waals surface area contributed by atoms with Gasteiger partial charge in [-0.15, -0.1) is 0 Å². The molecule has 1 aliphatic carbocycles. The van der Waals surface area contributed by atoms with Crippen LogP contribution in [0.25, 0.3) is 0 Å². The molecule has 1 N–H and O–H groups in total. The molecule has 118 valence electrons. The lowest BCUT2D eigenvalue weighted by Gasteiger charge is -2.43. The fourth-order valence-corrected chi connectivity index (χ4v) is 5.02. The molecule has 0 bridgehead atoms. The lowest BCUT2D eigenvalue weighted by Crippen LogP contribution is -2.51. The number of nitrogens with one attached hydrogen (secondary N) is 1. The normalized spacial score (nSPS) is 39.9. The summed E-state index contributed by atoms with van der Waals surface area (Å²) >= 11 is 2.15. The van der Waals surface area contributed by atoms with Gasteiger partial charge in [0.1, 0.15) is 0 Å². The third-order valence-electron chi connectivity index (χ3n) is 5.38. The van der Waals surface area contributed by atoms with Crippen LogP contribution in [0.5, 0.6) is 0 Å². The molecule has 0 amide bonds. The zero-order chi connectivity index (χ0) is 14.5. The second kappa shape index (κ2) is 8.05. The molecule has 1 aliphatic heterocycles. The van der Waals surface area contributed by atoms with Crippen LogP contribution in [0.1, 0.15) is 53.4 Å². The Kier molecular flexibility index (Phi) is 6.70. The molecule has 1 heterocycles. The molecule has 1 saturated heterocycles. The fourth-order valence-electron chi connectivity index (χ4n) is 3.85. The summed E-state index contributed by atoms with van der Waals surface area (Å²) in [5.41, 5.74) is 0. The van der Waals surface area contributed by atoms with E-state index in [2.05, 4.69) is 49.7 Å². The van der Waals surface area contributed by atoms with E-state index in [1.165, 1.54) is 51.1 Å².